The predicted octanol–water partition coefficient (Wildman–Crippen LogP) is 6.87. The summed E-state index contributed by atoms with van der Waals surface area (Å²) in [5, 5.41) is 0.731. The molecular formula is C23H17ClN2O. The molecule has 0 fully saturated rings. The van der Waals surface area contributed by atoms with Crippen LogP contribution in [-0.4, -0.2) is 11.2 Å². The Hall–Kier alpha value is -3.17. The first-order valence-electron chi connectivity index (χ1n) is 8.61. The number of fused-ring (bicyclic) bond motifs is 1. The minimum Gasteiger partial charge on any atom is -0.436 e. The molecule has 0 aliphatic rings. The van der Waals surface area contributed by atoms with Crippen LogP contribution in [0.2, 0.25) is 5.02 Å². The normalized spacial score (nSPS) is 11.8. The minimum atomic E-state index is 0.619. The molecule has 0 N–H and O–H groups in total. The van der Waals surface area contributed by atoms with Gasteiger partial charge in [0.1, 0.15) is 5.52 Å². The summed E-state index contributed by atoms with van der Waals surface area (Å²) < 4.78 is 5.83. The van der Waals surface area contributed by atoms with Crippen LogP contribution in [-0.2, 0) is 0 Å². The Labute approximate surface area is 162 Å². The van der Waals surface area contributed by atoms with Crippen LogP contribution in [0.5, 0.6) is 0 Å². The molecule has 0 aliphatic carbocycles. The Balaban J connectivity index is 1.47. The molecule has 27 heavy (non-hydrogen) atoms. The standard InChI is InChI=1S/C23H17ClN2O/c1-16-4-13-22-21(15-16)26-23(27-22)18-7-11-20(12-8-18)25-14-2-3-17-5-9-19(24)10-6-17/h2-15H,1H3/b3-2+,25-14?. The van der Waals surface area contributed by atoms with E-state index in [1.807, 2.05) is 85.8 Å². The van der Waals surface area contributed by atoms with E-state index in [-0.39, 0.29) is 0 Å². The fraction of sp³-hybridized carbons (Fsp3) is 0.0435. The van der Waals surface area contributed by atoms with Crippen molar-refractivity contribution < 1.29 is 4.42 Å². The molecule has 0 atom stereocenters. The zero-order valence-corrected chi connectivity index (χ0v) is 15.5. The minimum absolute atomic E-state index is 0.619. The van der Waals surface area contributed by atoms with Crippen molar-refractivity contribution in [1.82, 2.24) is 4.98 Å². The number of rotatable bonds is 4. The van der Waals surface area contributed by atoms with E-state index >= 15 is 0 Å². The Morgan fingerprint density at radius 3 is 2.52 bits per heavy atom. The maximum atomic E-state index is 5.88. The van der Waals surface area contributed by atoms with Crippen molar-refractivity contribution in [1.29, 1.82) is 0 Å². The maximum absolute atomic E-state index is 5.88. The van der Waals surface area contributed by atoms with Crippen LogP contribution in [0.3, 0.4) is 0 Å². The van der Waals surface area contributed by atoms with Crippen molar-refractivity contribution in [2.24, 2.45) is 4.99 Å². The third-order valence-electron chi connectivity index (χ3n) is 4.13. The van der Waals surface area contributed by atoms with Crippen LogP contribution < -0.4 is 0 Å². The first-order chi connectivity index (χ1) is 13.2. The highest BCUT2D eigenvalue weighted by atomic mass is 35.5. The van der Waals surface area contributed by atoms with E-state index in [1.165, 1.54) is 5.56 Å². The van der Waals surface area contributed by atoms with Gasteiger partial charge in [0.15, 0.2) is 5.58 Å². The molecule has 1 heterocycles. The number of oxazole rings is 1. The van der Waals surface area contributed by atoms with Gasteiger partial charge in [-0.2, -0.15) is 0 Å². The highest BCUT2D eigenvalue weighted by molar-refractivity contribution is 6.30. The number of aliphatic imine (C=N–C) groups is 1. The number of aromatic nitrogens is 1. The van der Waals surface area contributed by atoms with Gasteiger partial charge in [-0.25, -0.2) is 4.98 Å². The third kappa shape index (κ3) is 4.15. The van der Waals surface area contributed by atoms with Crippen molar-refractivity contribution in [3.8, 4) is 11.5 Å². The van der Waals surface area contributed by atoms with Crippen LogP contribution >= 0.6 is 11.6 Å². The molecule has 0 aliphatic heterocycles. The molecule has 3 aromatic carbocycles. The quantitative estimate of drug-likeness (QED) is 0.366. The molecule has 0 bridgehead atoms. The Bertz CT molecular complexity index is 1120. The Kier molecular flexibility index (Phi) is 4.86. The van der Waals surface area contributed by atoms with Crippen LogP contribution in [0.25, 0.3) is 28.6 Å². The average molecular weight is 373 g/mol. The lowest BCUT2D eigenvalue weighted by molar-refractivity contribution is 0.620. The molecule has 4 aromatic rings. The highest BCUT2D eigenvalue weighted by Gasteiger charge is 2.07. The van der Waals surface area contributed by atoms with E-state index in [2.05, 4.69) is 9.98 Å². The molecule has 0 radical (unpaired) electrons. The van der Waals surface area contributed by atoms with E-state index in [0.717, 1.165) is 32.9 Å². The zero-order chi connectivity index (χ0) is 18.6. The summed E-state index contributed by atoms with van der Waals surface area (Å²) in [4.78, 5) is 9.00. The molecule has 0 saturated carbocycles. The number of hydrogen-bond donors (Lipinski definition) is 0. The van der Waals surface area contributed by atoms with Gasteiger partial charge in [-0.3, -0.25) is 4.99 Å². The fourth-order valence-electron chi connectivity index (χ4n) is 2.71. The lowest BCUT2D eigenvalue weighted by atomic mass is 10.2. The highest BCUT2D eigenvalue weighted by Crippen LogP contribution is 2.26. The smallest absolute Gasteiger partial charge is 0.227 e. The predicted molar refractivity (Wildman–Crippen MR) is 113 cm³/mol. The summed E-state index contributed by atoms with van der Waals surface area (Å²) in [6.45, 7) is 2.04. The molecule has 0 unspecified atom stereocenters. The summed E-state index contributed by atoms with van der Waals surface area (Å²) in [5.74, 6) is 0.619. The largest absolute Gasteiger partial charge is 0.436 e. The van der Waals surface area contributed by atoms with E-state index in [0.29, 0.717) is 5.89 Å². The van der Waals surface area contributed by atoms with Gasteiger partial charge < -0.3 is 4.42 Å². The summed E-state index contributed by atoms with van der Waals surface area (Å²) in [7, 11) is 0. The first-order valence-corrected chi connectivity index (χ1v) is 8.99. The monoisotopic (exact) mass is 372 g/mol. The second kappa shape index (κ2) is 7.60. The van der Waals surface area contributed by atoms with Gasteiger partial charge in [0.05, 0.1) is 5.69 Å². The Morgan fingerprint density at radius 1 is 0.963 bits per heavy atom. The molecule has 0 amide bonds. The van der Waals surface area contributed by atoms with Crippen molar-refractivity contribution >= 4 is 40.7 Å². The summed E-state index contributed by atoms with van der Waals surface area (Å²) in [6, 6.07) is 21.5. The summed E-state index contributed by atoms with van der Waals surface area (Å²) in [5.41, 5.74) is 5.71. The summed E-state index contributed by atoms with van der Waals surface area (Å²) >= 11 is 5.88. The van der Waals surface area contributed by atoms with Gasteiger partial charge in [0.25, 0.3) is 0 Å². The van der Waals surface area contributed by atoms with Crippen molar-refractivity contribution in [3.05, 3.63) is 89.0 Å². The molecular weight excluding hydrogens is 356 g/mol. The number of nitrogens with zero attached hydrogens (tertiary/aromatic N) is 2. The van der Waals surface area contributed by atoms with E-state index in [1.54, 1.807) is 6.21 Å². The van der Waals surface area contributed by atoms with Gasteiger partial charge in [-0.1, -0.05) is 35.9 Å². The first kappa shape index (κ1) is 17.3. The zero-order valence-electron chi connectivity index (χ0n) is 14.8. The molecule has 4 heteroatoms. The fourth-order valence-corrected chi connectivity index (χ4v) is 2.83. The van der Waals surface area contributed by atoms with Gasteiger partial charge in [-0.05, 0) is 72.7 Å². The number of benzene rings is 3. The number of aryl methyl sites for hydroxylation is 1. The number of halogens is 1. The number of allylic oxidation sites excluding steroid dienone is 1. The maximum Gasteiger partial charge on any atom is 0.227 e. The van der Waals surface area contributed by atoms with Crippen molar-refractivity contribution in [2.45, 2.75) is 6.92 Å². The van der Waals surface area contributed by atoms with Gasteiger partial charge in [-0.15, -0.1) is 0 Å². The topological polar surface area (TPSA) is 38.4 Å². The van der Waals surface area contributed by atoms with Crippen LogP contribution in [0.1, 0.15) is 11.1 Å². The molecule has 0 spiro atoms. The lowest BCUT2D eigenvalue weighted by Crippen LogP contribution is -1.77. The van der Waals surface area contributed by atoms with Gasteiger partial charge in [0.2, 0.25) is 5.89 Å². The van der Waals surface area contributed by atoms with E-state index in [4.69, 9.17) is 16.0 Å². The van der Waals surface area contributed by atoms with Crippen molar-refractivity contribution in [2.75, 3.05) is 0 Å². The SMILES string of the molecule is Cc1ccc2oc(-c3ccc(N=C/C=C/c4ccc(Cl)cc4)cc3)nc2c1. The molecule has 0 saturated heterocycles. The molecule has 132 valence electrons. The molecule has 1 aromatic heterocycles. The van der Waals surface area contributed by atoms with E-state index in [9.17, 15) is 0 Å². The average Bonchev–Trinajstić information content (AvgIpc) is 3.10. The van der Waals surface area contributed by atoms with Gasteiger partial charge >= 0.3 is 0 Å². The van der Waals surface area contributed by atoms with Crippen LogP contribution in [0.4, 0.5) is 5.69 Å². The second-order valence-electron chi connectivity index (χ2n) is 6.23. The lowest BCUT2D eigenvalue weighted by Gasteiger charge is -1.96. The number of hydrogen-bond acceptors (Lipinski definition) is 3. The molecule has 4 rings (SSSR count). The van der Waals surface area contributed by atoms with E-state index < -0.39 is 0 Å². The Morgan fingerprint density at radius 2 is 1.74 bits per heavy atom. The van der Waals surface area contributed by atoms with Crippen LogP contribution in [0.15, 0.2) is 82.2 Å². The van der Waals surface area contributed by atoms with Gasteiger partial charge in [0, 0.05) is 16.8 Å². The molecule has 3 nitrogen and oxygen atoms in total. The van der Waals surface area contributed by atoms with Crippen LogP contribution in [0, 0.1) is 6.92 Å². The second-order valence-corrected chi connectivity index (χ2v) is 6.66. The summed E-state index contributed by atoms with van der Waals surface area (Å²) in [6.07, 6.45) is 5.65. The van der Waals surface area contributed by atoms with Crippen molar-refractivity contribution in [3.63, 3.8) is 0 Å². The third-order valence-corrected chi connectivity index (χ3v) is 4.38.